The lowest BCUT2D eigenvalue weighted by Crippen LogP contribution is -2.64. The highest BCUT2D eigenvalue weighted by atomic mass is 32.2. The van der Waals surface area contributed by atoms with Gasteiger partial charge in [-0.3, -0.25) is 9.88 Å². The van der Waals surface area contributed by atoms with Gasteiger partial charge in [0.05, 0.1) is 0 Å². The van der Waals surface area contributed by atoms with Gasteiger partial charge in [-0.05, 0) is 43.4 Å². The van der Waals surface area contributed by atoms with E-state index in [-0.39, 0.29) is 0 Å². The van der Waals surface area contributed by atoms with Crippen LogP contribution in [0.5, 0.6) is 0 Å². The van der Waals surface area contributed by atoms with Crippen LogP contribution in [0.25, 0.3) is 0 Å². The Morgan fingerprint density at radius 1 is 1.07 bits per heavy atom. The van der Waals surface area contributed by atoms with Gasteiger partial charge in [0.2, 0.25) is 0 Å². The highest BCUT2D eigenvalue weighted by molar-refractivity contribution is 7.86. The molecule has 0 radical (unpaired) electrons. The molecule has 1 aromatic rings. The van der Waals surface area contributed by atoms with Gasteiger partial charge < -0.3 is 0 Å². The number of pyridine rings is 1. The third kappa shape index (κ3) is 3.43. The van der Waals surface area contributed by atoms with Crippen LogP contribution in [0.3, 0.4) is 0 Å². The second-order valence-electron chi connectivity index (χ2n) is 8.70. The fraction of sp³-hybridized carbons (Fsp3) is 0.750. The smallest absolute Gasteiger partial charge is 0.281 e. The van der Waals surface area contributed by atoms with E-state index in [9.17, 15) is 8.42 Å². The summed E-state index contributed by atoms with van der Waals surface area (Å²) in [7, 11) is -0.0621. The van der Waals surface area contributed by atoms with Crippen molar-refractivity contribution in [2.45, 2.75) is 57.0 Å². The molecule has 27 heavy (non-hydrogen) atoms. The Labute approximate surface area is 163 Å². The van der Waals surface area contributed by atoms with E-state index in [2.05, 4.69) is 22.0 Å². The number of aromatic nitrogens is 1. The zero-order chi connectivity index (χ0) is 19.1. The summed E-state index contributed by atoms with van der Waals surface area (Å²) in [5, 5.41) is 0. The lowest BCUT2D eigenvalue weighted by Gasteiger charge is -2.63. The maximum Gasteiger partial charge on any atom is 0.281 e. The van der Waals surface area contributed by atoms with Gasteiger partial charge in [-0.1, -0.05) is 19.3 Å². The van der Waals surface area contributed by atoms with Crippen LogP contribution >= 0.6 is 0 Å². The topological polar surface area (TPSA) is 56.8 Å². The minimum atomic E-state index is -3.29. The van der Waals surface area contributed by atoms with Crippen molar-refractivity contribution in [2.75, 3.05) is 33.7 Å². The van der Waals surface area contributed by atoms with Crippen molar-refractivity contribution in [3.05, 3.63) is 30.1 Å². The highest BCUT2D eigenvalue weighted by Gasteiger charge is 2.55. The number of piperidine rings is 1. The second-order valence-corrected chi connectivity index (χ2v) is 10.8. The monoisotopic (exact) mass is 392 g/mol. The first kappa shape index (κ1) is 19.3. The van der Waals surface area contributed by atoms with Gasteiger partial charge in [-0.15, -0.1) is 0 Å². The molecule has 3 aliphatic rings. The molecule has 3 fully saturated rings. The molecule has 0 N–H and O–H groups in total. The van der Waals surface area contributed by atoms with Crippen molar-refractivity contribution >= 4 is 10.2 Å². The molecule has 0 aromatic carbocycles. The normalized spacial score (nSPS) is 27.7. The summed E-state index contributed by atoms with van der Waals surface area (Å²) in [5.41, 5.74) is 1.81. The van der Waals surface area contributed by atoms with Crippen molar-refractivity contribution < 1.29 is 8.42 Å². The largest absolute Gasteiger partial charge is 0.292 e. The molecule has 1 spiro atoms. The van der Waals surface area contributed by atoms with E-state index in [4.69, 9.17) is 0 Å². The average Bonchev–Trinajstić information content (AvgIpc) is 2.68. The van der Waals surface area contributed by atoms with Crippen LogP contribution in [0, 0.1) is 5.41 Å². The summed E-state index contributed by atoms with van der Waals surface area (Å²) < 4.78 is 27.8. The number of rotatable bonds is 4. The maximum atomic E-state index is 12.4. The molecule has 6 nitrogen and oxygen atoms in total. The first-order valence-corrected chi connectivity index (χ1v) is 11.7. The molecule has 2 aliphatic heterocycles. The Morgan fingerprint density at radius 3 is 2.30 bits per heavy atom. The van der Waals surface area contributed by atoms with Gasteiger partial charge in [0.1, 0.15) is 0 Å². The molecule has 4 rings (SSSR count). The van der Waals surface area contributed by atoms with E-state index >= 15 is 0 Å². The highest BCUT2D eigenvalue weighted by Crippen LogP contribution is 2.58. The van der Waals surface area contributed by atoms with Crippen molar-refractivity contribution in [1.82, 2.24) is 18.5 Å². The molecule has 0 amide bonds. The summed E-state index contributed by atoms with van der Waals surface area (Å²) in [4.78, 5) is 6.88. The number of nitrogens with zero attached hydrogens (tertiary/aromatic N) is 4. The Morgan fingerprint density at radius 2 is 1.70 bits per heavy atom. The van der Waals surface area contributed by atoms with Crippen LogP contribution in [0.2, 0.25) is 0 Å². The number of likely N-dealkylation sites (tertiary alicyclic amines) is 1. The predicted molar refractivity (Wildman–Crippen MR) is 106 cm³/mol. The molecular formula is C20H32N4O2S. The molecular weight excluding hydrogens is 360 g/mol. The SMILES string of the molecule is CN(C)S(=O)(=O)N1CCC(N2CC3(CCCCC3)C2c2ccncc2)CC1. The lowest BCUT2D eigenvalue weighted by atomic mass is 9.60. The number of hydrogen-bond acceptors (Lipinski definition) is 4. The van der Waals surface area contributed by atoms with E-state index in [1.54, 1.807) is 18.4 Å². The lowest BCUT2D eigenvalue weighted by molar-refractivity contribution is -0.131. The van der Waals surface area contributed by atoms with Crippen molar-refractivity contribution in [3.8, 4) is 0 Å². The van der Waals surface area contributed by atoms with Gasteiger partial charge >= 0.3 is 0 Å². The minimum Gasteiger partial charge on any atom is -0.292 e. The average molecular weight is 393 g/mol. The van der Waals surface area contributed by atoms with Crippen LogP contribution in [-0.4, -0.2) is 66.7 Å². The van der Waals surface area contributed by atoms with Crippen molar-refractivity contribution in [1.29, 1.82) is 0 Å². The summed E-state index contributed by atoms with van der Waals surface area (Å²) in [6.45, 7) is 2.42. The van der Waals surface area contributed by atoms with Crippen molar-refractivity contribution in [2.24, 2.45) is 5.41 Å². The Bertz CT molecular complexity index is 739. The van der Waals surface area contributed by atoms with Crippen molar-refractivity contribution in [3.63, 3.8) is 0 Å². The molecule has 1 aromatic heterocycles. The zero-order valence-electron chi connectivity index (χ0n) is 16.5. The maximum absolute atomic E-state index is 12.4. The molecule has 1 aliphatic carbocycles. The first-order chi connectivity index (χ1) is 12.9. The molecule has 1 unspecified atom stereocenters. The van der Waals surface area contributed by atoms with Gasteiger partial charge in [0.15, 0.2) is 0 Å². The van der Waals surface area contributed by atoms with Crippen LogP contribution in [0.1, 0.15) is 56.6 Å². The molecule has 7 heteroatoms. The molecule has 150 valence electrons. The van der Waals surface area contributed by atoms with Crippen LogP contribution in [0.15, 0.2) is 24.5 Å². The molecule has 1 atom stereocenters. The van der Waals surface area contributed by atoms with E-state index in [1.807, 2.05) is 12.4 Å². The second kappa shape index (κ2) is 7.43. The van der Waals surface area contributed by atoms with E-state index in [0.29, 0.717) is 30.6 Å². The third-order valence-corrected chi connectivity index (χ3v) is 8.90. The van der Waals surface area contributed by atoms with E-state index in [0.717, 1.165) is 12.8 Å². The fourth-order valence-corrected chi connectivity index (χ4v) is 6.67. The fourth-order valence-electron chi connectivity index (χ4n) is 5.53. The predicted octanol–water partition coefficient (Wildman–Crippen LogP) is 2.66. The standard InChI is InChI=1S/C20H32N4O2S/c1-22(2)27(25,26)23-14-8-18(9-15-23)24-16-20(10-4-3-5-11-20)19(24)17-6-12-21-13-7-17/h6-7,12-13,18-19H,3-5,8-11,14-16H2,1-2H3. The molecule has 2 saturated heterocycles. The van der Waals surface area contributed by atoms with Crippen LogP contribution in [-0.2, 0) is 10.2 Å². The van der Waals surface area contributed by atoms with Gasteiger partial charge in [0, 0.05) is 63.6 Å². The van der Waals surface area contributed by atoms with E-state index in [1.165, 1.54) is 48.5 Å². The summed E-state index contributed by atoms with van der Waals surface area (Å²) in [6.07, 6.45) is 12.4. The minimum absolute atomic E-state index is 0.423. The van der Waals surface area contributed by atoms with Gasteiger partial charge in [-0.25, -0.2) is 0 Å². The van der Waals surface area contributed by atoms with E-state index < -0.39 is 10.2 Å². The Kier molecular flexibility index (Phi) is 5.31. The zero-order valence-corrected chi connectivity index (χ0v) is 17.4. The van der Waals surface area contributed by atoms with Gasteiger partial charge in [0.25, 0.3) is 10.2 Å². The molecule has 1 saturated carbocycles. The van der Waals surface area contributed by atoms with Crippen LogP contribution < -0.4 is 0 Å². The summed E-state index contributed by atoms with van der Waals surface area (Å²) in [6, 6.07) is 5.31. The summed E-state index contributed by atoms with van der Waals surface area (Å²) in [5.74, 6) is 0. The molecule has 3 heterocycles. The third-order valence-electron chi connectivity index (χ3n) is 6.96. The number of hydrogen-bond donors (Lipinski definition) is 0. The van der Waals surface area contributed by atoms with Gasteiger partial charge in [-0.2, -0.15) is 17.0 Å². The Balaban J connectivity index is 1.49. The van der Waals surface area contributed by atoms with Crippen LogP contribution in [0.4, 0.5) is 0 Å². The molecule has 0 bridgehead atoms. The summed E-state index contributed by atoms with van der Waals surface area (Å²) >= 11 is 0. The quantitative estimate of drug-likeness (QED) is 0.790. The first-order valence-electron chi connectivity index (χ1n) is 10.3. The Hall–Kier alpha value is -1.02.